The van der Waals surface area contributed by atoms with Gasteiger partial charge < -0.3 is 25.3 Å². The first kappa shape index (κ1) is 25.3. The number of aryl methyl sites for hydroxylation is 1. The summed E-state index contributed by atoms with van der Waals surface area (Å²) in [6.07, 6.45) is 4.75. The zero-order valence-corrected chi connectivity index (χ0v) is 21.9. The number of halogens is 1. The molecular formula is C28H35FN6O3. The van der Waals surface area contributed by atoms with Crippen LogP contribution in [-0.4, -0.2) is 66.5 Å². The molecule has 1 aromatic carbocycles. The van der Waals surface area contributed by atoms with E-state index in [1.165, 1.54) is 0 Å². The van der Waals surface area contributed by atoms with Crippen molar-refractivity contribution in [1.29, 1.82) is 5.26 Å². The summed E-state index contributed by atoms with van der Waals surface area (Å²) in [6, 6.07) is 6.45. The minimum atomic E-state index is -0.820. The van der Waals surface area contributed by atoms with E-state index in [1.807, 2.05) is 12.1 Å². The summed E-state index contributed by atoms with van der Waals surface area (Å²) >= 11 is 0. The minimum absolute atomic E-state index is 0.284. The van der Waals surface area contributed by atoms with Gasteiger partial charge in [-0.2, -0.15) is 15.2 Å². The molecule has 10 heteroatoms. The number of methoxy groups -OCH3 is 1. The molecule has 0 saturated carbocycles. The molecule has 2 aromatic rings. The van der Waals surface area contributed by atoms with Crippen LogP contribution in [0.2, 0.25) is 0 Å². The summed E-state index contributed by atoms with van der Waals surface area (Å²) in [6.45, 7) is 3.15. The van der Waals surface area contributed by atoms with Crippen molar-refractivity contribution in [3.63, 3.8) is 0 Å². The predicted octanol–water partition coefficient (Wildman–Crippen LogP) is 3.25. The van der Waals surface area contributed by atoms with E-state index in [2.05, 4.69) is 16.3 Å². The summed E-state index contributed by atoms with van der Waals surface area (Å²) in [4.78, 5) is 11.8. The molecule has 3 aliphatic heterocycles. The fraction of sp³-hybridized carbons (Fsp3) is 0.607. The van der Waals surface area contributed by atoms with Crippen LogP contribution >= 0.6 is 0 Å². The maximum atomic E-state index is 14.3. The zero-order valence-electron chi connectivity index (χ0n) is 21.9. The number of nitrogen functional groups attached to an aromatic ring is 1. The van der Waals surface area contributed by atoms with Gasteiger partial charge in [0, 0.05) is 49.9 Å². The molecule has 0 radical (unpaired) electrons. The molecule has 4 aliphatic rings. The van der Waals surface area contributed by atoms with Gasteiger partial charge in [0.2, 0.25) is 0 Å². The fourth-order valence-corrected chi connectivity index (χ4v) is 6.99. The Balaban J connectivity index is 1.34. The second-order valence-corrected chi connectivity index (χ2v) is 11.1. The van der Waals surface area contributed by atoms with Crippen molar-refractivity contribution in [3.05, 3.63) is 40.1 Å². The lowest BCUT2D eigenvalue weighted by molar-refractivity contribution is -0.0856. The Morgan fingerprint density at radius 1 is 1.32 bits per heavy atom. The molecule has 1 aliphatic carbocycles. The summed E-state index contributed by atoms with van der Waals surface area (Å²) < 4.78 is 32.4. The van der Waals surface area contributed by atoms with Gasteiger partial charge in [-0.05, 0) is 50.3 Å². The highest BCUT2D eigenvalue weighted by molar-refractivity contribution is 5.63. The quantitative estimate of drug-likeness (QED) is 0.417. The fourth-order valence-electron chi connectivity index (χ4n) is 6.99. The third-order valence-electron chi connectivity index (χ3n) is 8.77. The smallest absolute Gasteiger partial charge is 0.318 e. The molecule has 9 nitrogen and oxygen atoms in total. The molecule has 202 valence electrons. The van der Waals surface area contributed by atoms with Gasteiger partial charge >= 0.3 is 6.01 Å². The van der Waals surface area contributed by atoms with E-state index >= 15 is 0 Å². The number of ether oxygens (including phenoxy) is 3. The molecule has 4 heterocycles. The average Bonchev–Trinajstić information content (AvgIpc) is 3.43. The molecule has 2 saturated heterocycles. The Labute approximate surface area is 222 Å². The van der Waals surface area contributed by atoms with Crippen LogP contribution in [0.1, 0.15) is 60.1 Å². The van der Waals surface area contributed by atoms with E-state index in [-0.39, 0.29) is 11.5 Å². The topological polar surface area (TPSA) is 119 Å². The van der Waals surface area contributed by atoms with Gasteiger partial charge in [-0.15, -0.1) is 0 Å². The Kier molecular flexibility index (Phi) is 6.62. The van der Waals surface area contributed by atoms with Crippen molar-refractivity contribution in [2.24, 2.45) is 0 Å². The molecule has 2 fully saturated rings. The molecule has 1 unspecified atom stereocenters. The number of nitriles is 1. The van der Waals surface area contributed by atoms with Gasteiger partial charge in [0.15, 0.2) is 0 Å². The number of nitrogens with zero attached hydrogens (tertiary/aromatic N) is 4. The molecule has 6 rings (SSSR count). The van der Waals surface area contributed by atoms with Crippen molar-refractivity contribution in [3.8, 4) is 12.1 Å². The maximum Gasteiger partial charge on any atom is 0.318 e. The standard InChI is InChI=1S/C28H35FN6O3/c1-36-11-9-32-25-21-16-38-28(8-2-4-18-5-6-22(31)20(14-30)24(18)28)13-23(21)33-26(34-25)37-17-27-7-3-10-35(27)15-19(29)12-27/h5-6,19H,2-4,7-13,15-17,31H2,1H3,(H,32,33,34)/t19-,27?,28+/m1/s1. The monoisotopic (exact) mass is 522 g/mol. The number of nitrogens with two attached hydrogens (primary N) is 1. The largest absolute Gasteiger partial charge is 0.461 e. The van der Waals surface area contributed by atoms with Crippen molar-refractivity contribution >= 4 is 11.5 Å². The number of benzene rings is 1. The molecular weight excluding hydrogens is 487 g/mol. The van der Waals surface area contributed by atoms with Crippen LogP contribution in [0.25, 0.3) is 0 Å². The molecule has 0 amide bonds. The lowest BCUT2D eigenvalue weighted by Gasteiger charge is -2.43. The van der Waals surface area contributed by atoms with Crippen LogP contribution in [0.15, 0.2) is 12.1 Å². The minimum Gasteiger partial charge on any atom is -0.461 e. The lowest BCUT2D eigenvalue weighted by Crippen LogP contribution is -2.44. The van der Waals surface area contributed by atoms with E-state index in [4.69, 9.17) is 29.9 Å². The molecule has 0 bridgehead atoms. The van der Waals surface area contributed by atoms with Gasteiger partial charge in [0.05, 0.1) is 30.0 Å². The molecule has 38 heavy (non-hydrogen) atoms. The van der Waals surface area contributed by atoms with Gasteiger partial charge in [-0.25, -0.2) is 4.39 Å². The number of hydrogen-bond acceptors (Lipinski definition) is 9. The number of aromatic nitrogens is 2. The third-order valence-corrected chi connectivity index (χ3v) is 8.77. The van der Waals surface area contributed by atoms with Crippen molar-refractivity contribution in [1.82, 2.24) is 14.9 Å². The SMILES string of the molecule is COCCNc1nc(OCC23CCCN2C[C@H](F)C3)nc2c1CO[C@@]1(CCCc3ccc(N)c(C#N)c31)C2. The van der Waals surface area contributed by atoms with Gasteiger partial charge in [0.1, 0.15) is 30.3 Å². The lowest BCUT2D eigenvalue weighted by atomic mass is 9.72. The molecule has 3 N–H and O–H groups in total. The molecule has 1 aromatic heterocycles. The number of fused-ring (bicyclic) bond motifs is 4. The van der Waals surface area contributed by atoms with Crippen molar-refractivity contribution in [2.45, 2.75) is 68.9 Å². The van der Waals surface area contributed by atoms with E-state index in [0.29, 0.717) is 62.8 Å². The number of hydrogen-bond donors (Lipinski definition) is 2. The molecule has 3 atom stereocenters. The van der Waals surface area contributed by atoms with Gasteiger partial charge in [0.25, 0.3) is 0 Å². The van der Waals surface area contributed by atoms with Crippen LogP contribution in [0.5, 0.6) is 6.01 Å². The highest BCUT2D eigenvalue weighted by Crippen LogP contribution is 2.48. The summed E-state index contributed by atoms with van der Waals surface area (Å²) in [5.41, 5.74) is 9.97. The van der Waals surface area contributed by atoms with Crippen molar-refractivity contribution in [2.75, 3.05) is 51.0 Å². The van der Waals surface area contributed by atoms with Gasteiger partial charge in [-0.1, -0.05) is 6.07 Å². The number of anilines is 2. The van der Waals surface area contributed by atoms with Crippen LogP contribution in [0, 0.1) is 11.3 Å². The average molecular weight is 523 g/mol. The van der Waals surface area contributed by atoms with E-state index in [0.717, 1.165) is 61.0 Å². The Hall–Kier alpha value is -3.00. The maximum absolute atomic E-state index is 14.3. The number of nitrogens with one attached hydrogen (secondary N) is 1. The van der Waals surface area contributed by atoms with Crippen LogP contribution in [0.3, 0.4) is 0 Å². The summed E-state index contributed by atoms with van der Waals surface area (Å²) in [5.74, 6) is 0.664. The van der Waals surface area contributed by atoms with Crippen LogP contribution in [-0.2, 0) is 34.5 Å². The van der Waals surface area contributed by atoms with Gasteiger partial charge in [-0.3, -0.25) is 4.90 Å². The Bertz CT molecular complexity index is 1270. The second-order valence-electron chi connectivity index (χ2n) is 11.1. The first-order valence-corrected chi connectivity index (χ1v) is 13.6. The van der Waals surface area contributed by atoms with Crippen molar-refractivity contribution < 1.29 is 18.6 Å². The Morgan fingerprint density at radius 3 is 3.05 bits per heavy atom. The first-order valence-electron chi connectivity index (χ1n) is 13.6. The summed E-state index contributed by atoms with van der Waals surface area (Å²) in [7, 11) is 1.66. The van der Waals surface area contributed by atoms with Crippen LogP contribution in [0.4, 0.5) is 15.9 Å². The second kappa shape index (κ2) is 9.95. The van der Waals surface area contributed by atoms with E-state index < -0.39 is 11.8 Å². The number of rotatable bonds is 7. The van der Waals surface area contributed by atoms with Crippen LogP contribution < -0.4 is 15.8 Å². The first-order chi connectivity index (χ1) is 18.5. The highest BCUT2D eigenvalue weighted by atomic mass is 19.1. The third kappa shape index (κ3) is 4.27. The zero-order chi connectivity index (χ0) is 26.3. The predicted molar refractivity (Wildman–Crippen MR) is 140 cm³/mol. The Morgan fingerprint density at radius 2 is 2.21 bits per heavy atom. The summed E-state index contributed by atoms with van der Waals surface area (Å²) in [5, 5.41) is 13.3. The number of alkyl halides is 1. The van der Waals surface area contributed by atoms with E-state index in [1.54, 1.807) is 7.11 Å². The normalized spacial score (nSPS) is 28.0. The van der Waals surface area contributed by atoms with E-state index in [9.17, 15) is 9.65 Å². The molecule has 1 spiro atoms. The highest BCUT2D eigenvalue weighted by Gasteiger charge is 2.50.